The highest BCUT2D eigenvalue weighted by atomic mass is 79.9. The van der Waals surface area contributed by atoms with Gasteiger partial charge in [-0.15, -0.1) is 11.3 Å². The molecule has 2 aromatic carbocycles. The number of hydrazone groups is 1. The summed E-state index contributed by atoms with van der Waals surface area (Å²) in [6.07, 6.45) is 0.635. The van der Waals surface area contributed by atoms with Gasteiger partial charge in [0.1, 0.15) is 5.75 Å². The number of halogens is 3. The van der Waals surface area contributed by atoms with Crippen molar-refractivity contribution in [3.63, 3.8) is 0 Å². The van der Waals surface area contributed by atoms with E-state index in [1.165, 1.54) is 0 Å². The maximum absolute atomic E-state index is 6.43. The van der Waals surface area contributed by atoms with Crippen LogP contribution in [0.15, 0.2) is 72.4 Å². The maximum Gasteiger partial charge on any atom is 0.223 e. The van der Waals surface area contributed by atoms with Gasteiger partial charge in [-0.3, -0.25) is 0 Å². The number of benzene rings is 2. The van der Waals surface area contributed by atoms with Crippen molar-refractivity contribution in [1.29, 1.82) is 0 Å². The predicted molar refractivity (Wildman–Crippen MR) is 119 cm³/mol. The molecule has 27 heavy (non-hydrogen) atoms. The number of hydrogen-bond acceptors (Lipinski definition) is 4. The Morgan fingerprint density at radius 1 is 1.04 bits per heavy atom. The van der Waals surface area contributed by atoms with Crippen LogP contribution in [0.25, 0.3) is 0 Å². The first kappa shape index (κ1) is 17.9. The summed E-state index contributed by atoms with van der Waals surface area (Å²) < 4.78 is 9.50. The molecule has 2 atom stereocenters. The Hall–Kier alpha value is -1.15. The Morgan fingerprint density at radius 3 is 2.59 bits per heavy atom. The van der Waals surface area contributed by atoms with E-state index < -0.39 is 0 Å². The highest BCUT2D eigenvalue weighted by Gasteiger charge is 2.42. The number of hydrogen-bond donors (Lipinski definition) is 0. The second-order valence-electron chi connectivity index (χ2n) is 6.45. The van der Waals surface area contributed by atoms with Crippen molar-refractivity contribution in [1.82, 2.24) is 5.01 Å². The van der Waals surface area contributed by atoms with E-state index in [1.807, 2.05) is 6.07 Å². The molecule has 136 valence electrons. The molecule has 3 nitrogen and oxygen atoms in total. The van der Waals surface area contributed by atoms with E-state index in [-0.39, 0.29) is 12.3 Å². The number of thiophene rings is 1. The zero-order valence-electron chi connectivity index (χ0n) is 13.9. The molecule has 0 fully saturated rings. The van der Waals surface area contributed by atoms with Crippen LogP contribution in [0.5, 0.6) is 5.75 Å². The van der Waals surface area contributed by atoms with Crippen LogP contribution < -0.4 is 4.74 Å². The molecule has 2 aliphatic heterocycles. The molecule has 0 amide bonds. The van der Waals surface area contributed by atoms with Crippen LogP contribution >= 0.6 is 59.1 Å². The van der Waals surface area contributed by atoms with E-state index >= 15 is 0 Å². The van der Waals surface area contributed by atoms with E-state index in [9.17, 15) is 0 Å². The van der Waals surface area contributed by atoms with Crippen LogP contribution in [0, 0.1) is 0 Å². The molecule has 0 spiro atoms. The Morgan fingerprint density at radius 2 is 1.85 bits per heavy atom. The monoisotopic (exact) mass is 566 g/mol. The average Bonchev–Trinajstić information content (AvgIpc) is 3.32. The van der Waals surface area contributed by atoms with Crippen molar-refractivity contribution < 1.29 is 4.74 Å². The smallest absolute Gasteiger partial charge is 0.223 e. The standard InChI is InChI=1S/C20H13Br3N2OS/c21-12-5-3-11(4-6-12)16-10-17-14-8-13(22)9-15(23)19(14)26-20(25(17)24-16)18-2-1-7-27-18/h1-9,17,20H,10H2/t17-,20+/m1/s1. The molecule has 0 saturated heterocycles. The van der Waals surface area contributed by atoms with Crippen molar-refractivity contribution in [2.45, 2.75) is 18.7 Å². The van der Waals surface area contributed by atoms with Crippen LogP contribution in [-0.2, 0) is 0 Å². The fourth-order valence-electron chi connectivity index (χ4n) is 3.55. The third-order valence-corrected chi connectivity index (χ3v) is 7.25. The first-order chi connectivity index (χ1) is 13.1. The summed E-state index contributed by atoms with van der Waals surface area (Å²) in [7, 11) is 0. The lowest BCUT2D eigenvalue weighted by molar-refractivity contribution is -0.0172. The second-order valence-corrected chi connectivity index (χ2v) is 10.1. The van der Waals surface area contributed by atoms with E-state index in [4.69, 9.17) is 9.84 Å². The van der Waals surface area contributed by atoms with Crippen molar-refractivity contribution >= 4 is 64.8 Å². The number of nitrogens with zero attached hydrogens (tertiary/aromatic N) is 2. The van der Waals surface area contributed by atoms with Gasteiger partial charge >= 0.3 is 0 Å². The molecule has 2 aliphatic rings. The Kier molecular flexibility index (Phi) is 4.66. The summed E-state index contributed by atoms with van der Waals surface area (Å²) in [6.45, 7) is 0. The first-order valence-corrected chi connectivity index (χ1v) is 11.7. The SMILES string of the molecule is Brc1ccc(C2=NN3[C@H](C2)c2cc(Br)cc(Br)c2O[C@H]3c2cccs2)cc1. The molecular weight excluding hydrogens is 556 g/mol. The Balaban J connectivity index is 1.62. The van der Waals surface area contributed by atoms with E-state index in [0.717, 1.165) is 47.3 Å². The normalized spacial score (nSPS) is 20.7. The van der Waals surface area contributed by atoms with E-state index in [0.29, 0.717) is 0 Å². The molecule has 0 N–H and O–H groups in total. The third-order valence-electron chi connectivity index (χ3n) is 4.77. The summed E-state index contributed by atoms with van der Waals surface area (Å²) in [5.74, 6) is 0.908. The maximum atomic E-state index is 6.43. The number of rotatable bonds is 2. The summed E-state index contributed by atoms with van der Waals surface area (Å²) in [5, 5.41) is 9.19. The number of ether oxygens (including phenoxy) is 1. The Labute approximate surface area is 186 Å². The third kappa shape index (κ3) is 3.18. The quantitative estimate of drug-likeness (QED) is 0.324. The summed E-state index contributed by atoms with van der Waals surface area (Å²) in [6, 6.07) is 16.8. The summed E-state index contributed by atoms with van der Waals surface area (Å²) >= 11 is 12.5. The highest BCUT2D eigenvalue weighted by molar-refractivity contribution is 9.11. The van der Waals surface area contributed by atoms with Gasteiger partial charge in [0.2, 0.25) is 6.23 Å². The van der Waals surface area contributed by atoms with Crippen LogP contribution in [0.2, 0.25) is 0 Å². The molecule has 5 rings (SSSR count). The first-order valence-electron chi connectivity index (χ1n) is 8.41. The lowest BCUT2D eigenvalue weighted by atomic mass is 9.96. The van der Waals surface area contributed by atoms with Gasteiger partial charge in [0, 0.05) is 20.9 Å². The summed E-state index contributed by atoms with van der Waals surface area (Å²) in [5.41, 5.74) is 3.38. The van der Waals surface area contributed by atoms with Crippen molar-refractivity contribution in [3.05, 3.63) is 83.3 Å². The average molecular weight is 569 g/mol. The van der Waals surface area contributed by atoms with Gasteiger partial charge in [-0.25, -0.2) is 5.01 Å². The molecule has 0 saturated carbocycles. The van der Waals surface area contributed by atoms with Crippen LogP contribution in [0.3, 0.4) is 0 Å². The second kappa shape index (κ2) is 7.03. The van der Waals surface area contributed by atoms with Crippen LogP contribution in [-0.4, -0.2) is 10.7 Å². The van der Waals surface area contributed by atoms with Crippen LogP contribution in [0.1, 0.15) is 34.7 Å². The molecule has 3 aromatic rings. The molecule has 3 heterocycles. The molecular formula is C20H13Br3N2OS. The van der Waals surface area contributed by atoms with E-state index in [1.54, 1.807) is 11.3 Å². The van der Waals surface area contributed by atoms with Crippen LogP contribution in [0.4, 0.5) is 0 Å². The molecule has 7 heteroatoms. The van der Waals surface area contributed by atoms with Gasteiger partial charge in [-0.05, 0) is 57.2 Å². The van der Waals surface area contributed by atoms with Crippen molar-refractivity contribution in [2.75, 3.05) is 0 Å². The minimum atomic E-state index is -0.215. The molecule has 0 radical (unpaired) electrons. The lowest BCUT2D eigenvalue weighted by Crippen LogP contribution is -2.33. The fraction of sp³-hybridized carbons (Fsp3) is 0.150. The lowest BCUT2D eigenvalue weighted by Gasteiger charge is -2.38. The zero-order valence-corrected chi connectivity index (χ0v) is 19.5. The molecule has 0 aliphatic carbocycles. The molecule has 0 bridgehead atoms. The van der Waals surface area contributed by atoms with Gasteiger partial charge in [0.15, 0.2) is 0 Å². The van der Waals surface area contributed by atoms with Gasteiger partial charge in [-0.1, -0.05) is 50.1 Å². The van der Waals surface area contributed by atoms with E-state index in [2.05, 4.69) is 101 Å². The zero-order chi connectivity index (χ0) is 18.5. The predicted octanol–water partition coefficient (Wildman–Crippen LogP) is 7.28. The Bertz CT molecular complexity index is 1030. The topological polar surface area (TPSA) is 24.8 Å². The molecule has 0 unspecified atom stereocenters. The van der Waals surface area contributed by atoms with Gasteiger partial charge < -0.3 is 4.74 Å². The minimum absolute atomic E-state index is 0.147. The minimum Gasteiger partial charge on any atom is -0.462 e. The van der Waals surface area contributed by atoms with Gasteiger partial charge in [0.05, 0.1) is 21.1 Å². The number of fused-ring (bicyclic) bond motifs is 3. The summed E-state index contributed by atoms with van der Waals surface area (Å²) in [4.78, 5) is 1.15. The fourth-order valence-corrected chi connectivity index (χ4v) is 5.91. The van der Waals surface area contributed by atoms with Crippen molar-refractivity contribution in [2.24, 2.45) is 5.10 Å². The van der Waals surface area contributed by atoms with Gasteiger partial charge in [0.25, 0.3) is 0 Å². The van der Waals surface area contributed by atoms with Gasteiger partial charge in [-0.2, -0.15) is 5.10 Å². The van der Waals surface area contributed by atoms with Crippen molar-refractivity contribution in [3.8, 4) is 5.75 Å². The molecule has 1 aromatic heterocycles. The highest BCUT2D eigenvalue weighted by Crippen LogP contribution is 2.51. The largest absolute Gasteiger partial charge is 0.462 e.